The Balaban J connectivity index is 2.32. The van der Waals surface area contributed by atoms with E-state index in [9.17, 15) is 4.39 Å². The van der Waals surface area contributed by atoms with Gasteiger partial charge in [-0.05, 0) is 30.7 Å². The molecule has 3 rings (SSSR count). The first-order valence-electron chi connectivity index (χ1n) is 5.35. The predicted molar refractivity (Wildman–Crippen MR) is 68.7 cm³/mol. The summed E-state index contributed by atoms with van der Waals surface area (Å²) in [6.45, 7) is 1.84. The molecule has 2 aromatic heterocycles. The second-order valence-corrected chi connectivity index (χ2v) is 4.34. The number of nitrogens with zero attached hydrogens (tertiary/aromatic N) is 3. The summed E-state index contributed by atoms with van der Waals surface area (Å²) in [6, 6.07) is 4.57. The number of aromatic nitrogens is 4. The van der Waals surface area contributed by atoms with Crippen molar-refractivity contribution in [3.8, 4) is 5.69 Å². The van der Waals surface area contributed by atoms with Crippen LogP contribution in [0.3, 0.4) is 0 Å². The average Bonchev–Trinajstić information content (AvgIpc) is 2.74. The van der Waals surface area contributed by atoms with Crippen molar-refractivity contribution >= 4 is 23.3 Å². The molecule has 0 unspecified atom stereocenters. The van der Waals surface area contributed by atoms with E-state index in [1.54, 1.807) is 16.9 Å². The Morgan fingerprint density at radius 3 is 3.00 bits per heavy atom. The van der Waals surface area contributed by atoms with Crippen molar-refractivity contribution in [1.29, 1.82) is 0 Å². The van der Waals surface area contributed by atoms with Crippen LogP contribution < -0.4 is 0 Å². The molecule has 6 heteroatoms. The average molecular weight is 260 g/mol. The zero-order chi connectivity index (χ0) is 12.7. The van der Waals surface area contributed by atoms with Crippen LogP contribution in [0.2, 0.25) is 0 Å². The molecule has 1 aromatic carbocycles. The topological polar surface area (TPSA) is 46.5 Å². The van der Waals surface area contributed by atoms with Gasteiger partial charge in [0, 0.05) is 0 Å². The number of fused-ring (bicyclic) bond motifs is 1. The van der Waals surface area contributed by atoms with Gasteiger partial charge in [-0.1, -0.05) is 12.2 Å². The SMILES string of the molecule is Cc1cc(F)ccc1-n1ncc2c(=S)nc[nH]c21. The molecule has 0 radical (unpaired) electrons. The first kappa shape index (κ1) is 11.0. The number of rotatable bonds is 1. The molecule has 0 aliphatic carbocycles. The van der Waals surface area contributed by atoms with E-state index < -0.39 is 0 Å². The summed E-state index contributed by atoms with van der Waals surface area (Å²) < 4.78 is 15.3. The van der Waals surface area contributed by atoms with Gasteiger partial charge in [-0.15, -0.1) is 0 Å². The standard InChI is InChI=1S/C12H9FN4S/c1-7-4-8(13)2-3-10(7)17-11-9(5-16-17)12(18)15-6-14-11/h2-6H,1H3,(H,14,15,18). The molecule has 0 aliphatic heterocycles. The Morgan fingerprint density at radius 2 is 2.22 bits per heavy atom. The normalized spacial score (nSPS) is 11.0. The third kappa shape index (κ3) is 1.62. The smallest absolute Gasteiger partial charge is 0.145 e. The highest BCUT2D eigenvalue weighted by atomic mass is 32.1. The number of nitrogens with one attached hydrogen (secondary N) is 1. The molecule has 0 amide bonds. The lowest BCUT2D eigenvalue weighted by Gasteiger charge is -2.06. The minimum Gasteiger partial charge on any atom is -0.330 e. The van der Waals surface area contributed by atoms with Crippen LogP contribution in [-0.2, 0) is 0 Å². The van der Waals surface area contributed by atoms with Crippen LogP contribution in [0, 0.1) is 17.4 Å². The zero-order valence-corrected chi connectivity index (χ0v) is 10.3. The molecule has 0 spiro atoms. The summed E-state index contributed by atoms with van der Waals surface area (Å²) in [4.78, 5) is 7.01. The van der Waals surface area contributed by atoms with E-state index in [-0.39, 0.29) is 5.82 Å². The minimum atomic E-state index is -0.262. The fourth-order valence-corrected chi connectivity index (χ4v) is 2.11. The monoisotopic (exact) mass is 260 g/mol. The number of hydrogen-bond donors (Lipinski definition) is 1. The van der Waals surface area contributed by atoms with E-state index in [2.05, 4.69) is 15.1 Å². The quantitative estimate of drug-likeness (QED) is 0.684. The lowest BCUT2D eigenvalue weighted by Crippen LogP contribution is -2.00. The van der Waals surface area contributed by atoms with E-state index in [1.165, 1.54) is 18.5 Å². The Morgan fingerprint density at radius 1 is 1.39 bits per heavy atom. The minimum absolute atomic E-state index is 0.262. The summed E-state index contributed by atoms with van der Waals surface area (Å²) in [5.41, 5.74) is 2.36. The van der Waals surface area contributed by atoms with Gasteiger partial charge in [0.05, 0.1) is 23.6 Å². The van der Waals surface area contributed by atoms with E-state index >= 15 is 0 Å². The maximum Gasteiger partial charge on any atom is 0.145 e. The van der Waals surface area contributed by atoms with E-state index in [4.69, 9.17) is 12.2 Å². The van der Waals surface area contributed by atoms with Crippen LogP contribution in [0.25, 0.3) is 16.7 Å². The first-order valence-corrected chi connectivity index (χ1v) is 5.75. The van der Waals surface area contributed by atoms with Gasteiger partial charge in [-0.2, -0.15) is 5.10 Å². The van der Waals surface area contributed by atoms with Crippen molar-refractivity contribution in [2.45, 2.75) is 6.92 Å². The molecule has 0 bridgehead atoms. The van der Waals surface area contributed by atoms with Gasteiger partial charge >= 0.3 is 0 Å². The maximum atomic E-state index is 13.1. The lowest BCUT2D eigenvalue weighted by molar-refractivity contribution is 0.625. The Labute approximate surface area is 107 Å². The molecular formula is C12H9FN4S. The molecule has 0 saturated carbocycles. The predicted octanol–water partition coefficient (Wildman–Crippen LogP) is 2.93. The molecule has 0 aliphatic rings. The number of aromatic amines is 1. The van der Waals surface area contributed by atoms with Crippen LogP contribution in [0.5, 0.6) is 0 Å². The lowest BCUT2D eigenvalue weighted by atomic mass is 10.2. The first-order chi connectivity index (χ1) is 8.66. The second kappa shape index (κ2) is 3.99. The zero-order valence-electron chi connectivity index (χ0n) is 9.51. The van der Waals surface area contributed by atoms with Gasteiger partial charge in [-0.25, -0.2) is 14.1 Å². The summed E-state index contributed by atoms with van der Waals surface area (Å²) in [6.07, 6.45) is 3.19. The van der Waals surface area contributed by atoms with Crippen LogP contribution in [0.15, 0.2) is 30.7 Å². The highest BCUT2D eigenvalue weighted by molar-refractivity contribution is 7.71. The third-order valence-corrected chi connectivity index (χ3v) is 3.10. The van der Waals surface area contributed by atoms with Crippen LogP contribution in [-0.4, -0.2) is 19.7 Å². The highest BCUT2D eigenvalue weighted by Crippen LogP contribution is 2.19. The molecular weight excluding hydrogens is 251 g/mol. The van der Waals surface area contributed by atoms with Crippen molar-refractivity contribution in [1.82, 2.24) is 19.7 Å². The van der Waals surface area contributed by atoms with E-state index in [0.29, 0.717) is 4.64 Å². The number of H-pyrrole nitrogens is 1. The fourth-order valence-electron chi connectivity index (χ4n) is 1.90. The molecule has 2 heterocycles. The third-order valence-electron chi connectivity index (χ3n) is 2.77. The van der Waals surface area contributed by atoms with Crippen LogP contribution in [0.4, 0.5) is 4.39 Å². The molecule has 4 nitrogen and oxygen atoms in total. The molecule has 18 heavy (non-hydrogen) atoms. The molecule has 0 atom stereocenters. The number of hydrogen-bond acceptors (Lipinski definition) is 3. The highest BCUT2D eigenvalue weighted by Gasteiger charge is 2.09. The Bertz CT molecular complexity index is 790. The van der Waals surface area contributed by atoms with Gasteiger partial charge < -0.3 is 4.98 Å². The van der Waals surface area contributed by atoms with Crippen molar-refractivity contribution in [2.24, 2.45) is 0 Å². The summed E-state index contributed by atoms with van der Waals surface area (Å²) in [5.74, 6) is -0.262. The number of benzene rings is 1. The molecule has 0 saturated heterocycles. The largest absolute Gasteiger partial charge is 0.330 e. The number of aryl methyl sites for hydroxylation is 1. The van der Waals surface area contributed by atoms with Gasteiger partial charge in [0.25, 0.3) is 0 Å². The van der Waals surface area contributed by atoms with Gasteiger partial charge in [0.15, 0.2) is 0 Å². The van der Waals surface area contributed by atoms with Crippen molar-refractivity contribution in [3.05, 3.63) is 46.7 Å². The Kier molecular flexibility index (Phi) is 2.45. The summed E-state index contributed by atoms with van der Waals surface area (Å²) in [7, 11) is 0. The van der Waals surface area contributed by atoms with Crippen LogP contribution >= 0.6 is 12.2 Å². The second-order valence-electron chi connectivity index (χ2n) is 3.96. The molecule has 90 valence electrons. The number of halogens is 1. The van der Waals surface area contributed by atoms with Crippen molar-refractivity contribution in [3.63, 3.8) is 0 Å². The van der Waals surface area contributed by atoms with Crippen LogP contribution in [0.1, 0.15) is 5.56 Å². The van der Waals surface area contributed by atoms with Crippen molar-refractivity contribution in [2.75, 3.05) is 0 Å². The molecule has 1 N–H and O–H groups in total. The maximum absolute atomic E-state index is 13.1. The summed E-state index contributed by atoms with van der Waals surface area (Å²) >= 11 is 5.13. The van der Waals surface area contributed by atoms with E-state index in [0.717, 1.165) is 22.3 Å². The van der Waals surface area contributed by atoms with Gasteiger partial charge in [0.2, 0.25) is 0 Å². The summed E-state index contributed by atoms with van der Waals surface area (Å²) in [5, 5.41) is 5.05. The fraction of sp³-hybridized carbons (Fsp3) is 0.0833. The van der Waals surface area contributed by atoms with Crippen molar-refractivity contribution < 1.29 is 4.39 Å². The van der Waals surface area contributed by atoms with Gasteiger partial charge in [-0.3, -0.25) is 0 Å². The molecule has 0 fully saturated rings. The Hall–Kier alpha value is -2.08. The molecule has 3 aromatic rings. The van der Waals surface area contributed by atoms with Gasteiger partial charge in [0.1, 0.15) is 16.1 Å². The van der Waals surface area contributed by atoms with E-state index in [1.807, 2.05) is 6.92 Å².